The minimum atomic E-state index is -0.347. The third-order valence-corrected chi connectivity index (χ3v) is 6.42. The molecule has 4 rings (SSSR count). The van der Waals surface area contributed by atoms with Crippen molar-refractivity contribution in [3.8, 4) is 5.69 Å². The van der Waals surface area contributed by atoms with Gasteiger partial charge in [0.15, 0.2) is 5.11 Å². The number of carbonyl (C=O) groups excluding carboxylic acids is 1. The molecule has 0 bridgehead atoms. The number of benzene rings is 1. The largest absolute Gasteiger partial charge is 0.465 e. The fourth-order valence-corrected chi connectivity index (χ4v) is 4.86. The van der Waals surface area contributed by atoms with Crippen LogP contribution in [-0.4, -0.2) is 52.9 Å². The van der Waals surface area contributed by atoms with Gasteiger partial charge in [0.05, 0.1) is 37.1 Å². The molecule has 3 aromatic rings. The lowest BCUT2D eigenvalue weighted by atomic mass is 9.97. The summed E-state index contributed by atoms with van der Waals surface area (Å²) in [4.78, 5) is 18.6. The van der Waals surface area contributed by atoms with Crippen molar-refractivity contribution in [3.63, 3.8) is 0 Å². The van der Waals surface area contributed by atoms with Gasteiger partial charge in [0.2, 0.25) is 0 Å². The Labute approximate surface area is 199 Å². The quantitative estimate of drug-likeness (QED) is 0.420. The van der Waals surface area contributed by atoms with Crippen molar-refractivity contribution in [3.05, 3.63) is 82.9 Å². The van der Waals surface area contributed by atoms with Crippen LogP contribution in [0.25, 0.3) is 5.69 Å². The molecule has 7 nitrogen and oxygen atoms in total. The molecule has 1 fully saturated rings. The molecule has 0 radical (unpaired) electrons. The Morgan fingerprint density at radius 2 is 1.91 bits per heavy atom. The van der Waals surface area contributed by atoms with Crippen molar-refractivity contribution in [1.29, 1.82) is 0 Å². The number of hydrogen-bond acceptors (Lipinski definition) is 5. The van der Waals surface area contributed by atoms with Crippen LogP contribution in [0.4, 0.5) is 0 Å². The molecule has 172 valence electrons. The second-order valence-electron chi connectivity index (χ2n) is 8.01. The summed E-state index contributed by atoms with van der Waals surface area (Å²) in [5.41, 5.74) is 5.82. The first-order valence-corrected chi connectivity index (χ1v) is 11.2. The first-order valence-electron chi connectivity index (χ1n) is 10.8. The van der Waals surface area contributed by atoms with Crippen molar-refractivity contribution >= 4 is 23.3 Å². The molecule has 1 saturated heterocycles. The number of aromatic nitrogens is 2. The molecular formula is C25H28N4O3S. The monoisotopic (exact) mass is 464 g/mol. The lowest BCUT2D eigenvalue weighted by Gasteiger charge is -2.28. The Morgan fingerprint density at radius 3 is 2.55 bits per heavy atom. The summed E-state index contributed by atoms with van der Waals surface area (Å²) in [7, 11) is 3.08. The van der Waals surface area contributed by atoms with Crippen LogP contribution >= 0.6 is 12.2 Å². The molecule has 1 N–H and O–H groups in total. The van der Waals surface area contributed by atoms with Gasteiger partial charge in [-0.05, 0) is 74.1 Å². The topological polar surface area (TPSA) is 68.6 Å². The molecule has 0 spiro atoms. The fourth-order valence-electron chi connectivity index (χ4n) is 4.52. The SMILES string of the molecule is COCCN1C(=S)N[C@H](c2ccccn2)[C@H]1c1cc(C)n(-c2ccc(C(=O)OC)cc2)c1C. The van der Waals surface area contributed by atoms with Crippen LogP contribution in [-0.2, 0) is 9.47 Å². The normalized spacial score (nSPS) is 17.8. The van der Waals surface area contributed by atoms with E-state index in [1.54, 1.807) is 25.4 Å². The zero-order valence-corrected chi connectivity index (χ0v) is 20.1. The maximum atomic E-state index is 11.8. The maximum absolute atomic E-state index is 11.8. The van der Waals surface area contributed by atoms with E-state index in [0.29, 0.717) is 23.8 Å². The first-order chi connectivity index (χ1) is 16.0. The Balaban J connectivity index is 1.77. The Bertz CT molecular complexity index is 1140. The molecule has 0 unspecified atom stereocenters. The molecular weight excluding hydrogens is 436 g/mol. The number of thiocarbonyl (C=S) groups is 1. The standard InChI is InChI=1S/C25H28N4O3S/c1-16-15-20(17(2)29(16)19-10-8-18(9-11-19)24(30)32-4)23-22(21-7-5-6-12-26-21)27-25(33)28(23)13-14-31-3/h5-12,15,22-23H,13-14H2,1-4H3,(H,27,33)/t22-,23-/m1/s1. The number of aryl methyl sites for hydroxylation is 1. The van der Waals surface area contributed by atoms with Gasteiger partial charge in [-0.25, -0.2) is 4.79 Å². The minimum absolute atomic E-state index is 0.0307. The molecule has 33 heavy (non-hydrogen) atoms. The highest BCUT2D eigenvalue weighted by Crippen LogP contribution is 2.41. The van der Waals surface area contributed by atoms with Crippen molar-refractivity contribution < 1.29 is 14.3 Å². The highest BCUT2D eigenvalue weighted by Gasteiger charge is 2.41. The minimum Gasteiger partial charge on any atom is -0.465 e. The van der Waals surface area contributed by atoms with Gasteiger partial charge in [-0.1, -0.05) is 6.07 Å². The molecule has 0 amide bonds. The van der Waals surface area contributed by atoms with E-state index in [0.717, 1.165) is 22.8 Å². The second kappa shape index (κ2) is 9.72. The molecule has 0 saturated carbocycles. The Hall–Kier alpha value is -3.23. The molecule has 2 aromatic heterocycles. The number of esters is 1. The molecule has 0 aliphatic carbocycles. The van der Waals surface area contributed by atoms with Crippen molar-refractivity contribution in [2.75, 3.05) is 27.4 Å². The average molecular weight is 465 g/mol. The molecule has 2 atom stereocenters. The molecule has 1 aliphatic rings. The van der Waals surface area contributed by atoms with Crippen LogP contribution in [0.5, 0.6) is 0 Å². The zero-order valence-electron chi connectivity index (χ0n) is 19.2. The fraction of sp³-hybridized carbons (Fsp3) is 0.320. The van der Waals surface area contributed by atoms with E-state index in [2.05, 4.69) is 39.7 Å². The number of ether oxygens (including phenoxy) is 2. The van der Waals surface area contributed by atoms with E-state index in [9.17, 15) is 4.79 Å². The highest BCUT2D eigenvalue weighted by atomic mass is 32.1. The summed E-state index contributed by atoms with van der Waals surface area (Å²) >= 11 is 5.72. The van der Waals surface area contributed by atoms with Crippen LogP contribution in [0.2, 0.25) is 0 Å². The van der Waals surface area contributed by atoms with Gasteiger partial charge >= 0.3 is 5.97 Å². The Morgan fingerprint density at radius 1 is 1.15 bits per heavy atom. The summed E-state index contributed by atoms with van der Waals surface area (Å²) in [5.74, 6) is -0.347. The van der Waals surface area contributed by atoms with Crippen LogP contribution in [0.3, 0.4) is 0 Å². The third-order valence-electron chi connectivity index (χ3n) is 6.07. The second-order valence-corrected chi connectivity index (χ2v) is 8.40. The lowest BCUT2D eigenvalue weighted by Crippen LogP contribution is -2.32. The number of methoxy groups -OCH3 is 2. The van der Waals surface area contributed by atoms with Crippen LogP contribution < -0.4 is 5.32 Å². The predicted molar refractivity (Wildman–Crippen MR) is 131 cm³/mol. The van der Waals surface area contributed by atoms with Gasteiger partial charge in [-0.3, -0.25) is 4.98 Å². The third kappa shape index (κ3) is 4.36. The maximum Gasteiger partial charge on any atom is 0.337 e. The number of rotatable bonds is 7. The number of pyridine rings is 1. The van der Waals surface area contributed by atoms with E-state index >= 15 is 0 Å². The van der Waals surface area contributed by atoms with Crippen molar-refractivity contribution in [2.45, 2.75) is 25.9 Å². The Kier molecular flexibility index (Phi) is 6.76. The molecule has 1 aliphatic heterocycles. The zero-order chi connectivity index (χ0) is 23.5. The van der Waals surface area contributed by atoms with Gasteiger partial charge < -0.3 is 24.3 Å². The number of nitrogens with one attached hydrogen (secondary N) is 1. The van der Waals surface area contributed by atoms with Gasteiger partial charge in [0.1, 0.15) is 0 Å². The number of hydrogen-bond donors (Lipinski definition) is 1. The molecule has 3 heterocycles. The number of nitrogens with zero attached hydrogens (tertiary/aromatic N) is 3. The van der Waals surface area contributed by atoms with E-state index in [1.807, 2.05) is 30.3 Å². The smallest absolute Gasteiger partial charge is 0.337 e. The lowest BCUT2D eigenvalue weighted by molar-refractivity contribution is 0.0600. The molecule has 8 heteroatoms. The summed E-state index contributed by atoms with van der Waals surface area (Å²) in [6.07, 6.45) is 1.81. The van der Waals surface area contributed by atoms with E-state index in [4.69, 9.17) is 21.7 Å². The van der Waals surface area contributed by atoms with E-state index < -0.39 is 0 Å². The van der Waals surface area contributed by atoms with Gasteiger partial charge in [0.25, 0.3) is 0 Å². The van der Waals surface area contributed by atoms with Gasteiger partial charge in [-0.2, -0.15) is 0 Å². The van der Waals surface area contributed by atoms with Crippen LogP contribution in [0.15, 0.2) is 54.7 Å². The van der Waals surface area contributed by atoms with Crippen molar-refractivity contribution in [2.24, 2.45) is 0 Å². The summed E-state index contributed by atoms with van der Waals surface area (Å²) in [6.45, 7) is 5.44. The van der Waals surface area contributed by atoms with E-state index in [1.165, 1.54) is 12.7 Å². The summed E-state index contributed by atoms with van der Waals surface area (Å²) in [5, 5.41) is 4.17. The van der Waals surface area contributed by atoms with E-state index in [-0.39, 0.29) is 18.1 Å². The van der Waals surface area contributed by atoms with Crippen LogP contribution in [0.1, 0.15) is 45.1 Å². The van der Waals surface area contributed by atoms with Gasteiger partial charge in [0, 0.05) is 36.9 Å². The summed E-state index contributed by atoms with van der Waals surface area (Å²) in [6, 6.07) is 15.5. The highest BCUT2D eigenvalue weighted by molar-refractivity contribution is 7.80. The predicted octanol–water partition coefficient (Wildman–Crippen LogP) is 3.89. The number of carbonyl (C=O) groups is 1. The summed E-state index contributed by atoms with van der Waals surface area (Å²) < 4.78 is 12.4. The molecule has 1 aromatic carbocycles. The van der Waals surface area contributed by atoms with Crippen molar-refractivity contribution in [1.82, 2.24) is 19.8 Å². The average Bonchev–Trinajstić information content (AvgIpc) is 3.32. The first kappa shape index (κ1) is 22.9. The van der Waals surface area contributed by atoms with Crippen LogP contribution in [0, 0.1) is 13.8 Å². The van der Waals surface area contributed by atoms with Gasteiger partial charge in [-0.15, -0.1) is 0 Å².